The van der Waals surface area contributed by atoms with Gasteiger partial charge in [0.05, 0.1) is 0 Å². The van der Waals surface area contributed by atoms with Gasteiger partial charge in [0.1, 0.15) is 10.2 Å². The van der Waals surface area contributed by atoms with E-state index in [2.05, 4.69) is 37.7 Å². The Morgan fingerprint density at radius 1 is 1.06 bits per heavy atom. The van der Waals surface area contributed by atoms with Gasteiger partial charge in [-0.25, -0.2) is 9.97 Å². The highest BCUT2D eigenvalue weighted by atomic mass is 32.2. The van der Waals surface area contributed by atoms with Gasteiger partial charge in [0.25, 0.3) is 5.91 Å². The van der Waals surface area contributed by atoms with Crippen LogP contribution >= 0.6 is 23.1 Å². The molecule has 0 atom stereocenters. The van der Waals surface area contributed by atoms with Gasteiger partial charge in [-0.1, -0.05) is 42.8 Å². The van der Waals surface area contributed by atoms with Crippen LogP contribution in [0.2, 0.25) is 0 Å². The second-order valence-electron chi connectivity index (χ2n) is 7.85. The van der Waals surface area contributed by atoms with E-state index >= 15 is 0 Å². The lowest BCUT2D eigenvalue weighted by Gasteiger charge is -2.21. The Bertz CT molecular complexity index is 978. The van der Waals surface area contributed by atoms with Gasteiger partial charge < -0.3 is 10.2 Å². The number of hydrogen-bond donors (Lipinski definition) is 1. The van der Waals surface area contributed by atoms with Crippen LogP contribution in [0.4, 0.5) is 5.82 Å². The Morgan fingerprint density at radius 2 is 1.81 bits per heavy atom. The van der Waals surface area contributed by atoms with E-state index < -0.39 is 0 Å². The molecular formula is C24H28N4OS2. The second-order valence-corrected chi connectivity index (χ2v) is 9.93. The number of nitrogens with zero attached hydrogens (tertiary/aromatic N) is 3. The van der Waals surface area contributed by atoms with Gasteiger partial charge in [-0.3, -0.25) is 4.79 Å². The summed E-state index contributed by atoms with van der Waals surface area (Å²) >= 11 is 3.40. The monoisotopic (exact) mass is 452 g/mol. The van der Waals surface area contributed by atoms with Crippen molar-refractivity contribution in [2.24, 2.45) is 0 Å². The van der Waals surface area contributed by atoms with Crippen molar-refractivity contribution in [2.75, 3.05) is 18.0 Å². The van der Waals surface area contributed by atoms with Crippen molar-refractivity contribution in [2.45, 2.75) is 49.2 Å². The van der Waals surface area contributed by atoms with E-state index in [1.165, 1.54) is 31.2 Å². The number of anilines is 1. The summed E-state index contributed by atoms with van der Waals surface area (Å²) in [6.45, 7) is 4.66. The third-order valence-corrected chi connectivity index (χ3v) is 7.58. The van der Waals surface area contributed by atoms with E-state index in [0.29, 0.717) is 12.1 Å². The number of carbonyl (C=O) groups is 1. The Kier molecular flexibility index (Phi) is 7.59. The number of pyridine rings is 1. The molecule has 0 aliphatic carbocycles. The minimum atomic E-state index is -0.0636. The number of nitrogens with one attached hydrogen (secondary N) is 1. The van der Waals surface area contributed by atoms with Crippen molar-refractivity contribution in [3.05, 3.63) is 70.4 Å². The number of hydrogen-bond acceptors (Lipinski definition) is 6. The summed E-state index contributed by atoms with van der Waals surface area (Å²) in [4.78, 5) is 24.0. The predicted molar refractivity (Wildman–Crippen MR) is 129 cm³/mol. The highest BCUT2D eigenvalue weighted by molar-refractivity contribution is 8.00. The van der Waals surface area contributed by atoms with Crippen molar-refractivity contribution in [3.8, 4) is 0 Å². The molecule has 162 valence electrons. The van der Waals surface area contributed by atoms with Crippen LogP contribution < -0.4 is 10.2 Å². The molecule has 1 fully saturated rings. The molecule has 1 aliphatic rings. The summed E-state index contributed by atoms with van der Waals surface area (Å²) in [6.07, 6.45) is 6.97. The van der Waals surface area contributed by atoms with Crippen molar-refractivity contribution >= 4 is 34.8 Å². The number of benzene rings is 1. The molecule has 0 spiro atoms. The normalized spacial score (nSPS) is 14.3. The third-order valence-electron chi connectivity index (χ3n) is 5.37. The first-order valence-electron chi connectivity index (χ1n) is 10.8. The second kappa shape index (κ2) is 10.8. The summed E-state index contributed by atoms with van der Waals surface area (Å²) in [5, 5.41) is 5.06. The summed E-state index contributed by atoms with van der Waals surface area (Å²) in [6, 6.07) is 11.9. The minimum Gasteiger partial charge on any atom is -0.357 e. The fraction of sp³-hybridized carbons (Fsp3) is 0.375. The maximum Gasteiger partial charge on any atom is 0.251 e. The summed E-state index contributed by atoms with van der Waals surface area (Å²) in [5.74, 6) is 1.83. The minimum absolute atomic E-state index is 0.0636. The standard InChI is InChI=1S/C24H28N4OS2/c1-18-16-30-24(27-18)31-17-19-6-9-21(10-7-19)23(29)26-15-20-8-11-22(25-14-20)28-12-4-2-3-5-13-28/h6-11,14,16H,2-5,12-13,15,17H2,1H3,(H,26,29). The molecule has 4 rings (SSSR count). The summed E-state index contributed by atoms with van der Waals surface area (Å²) in [5.41, 5.74) is 3.93. The van der Waals surface area contributed by atoms with E-state index in [-0.39, 0.29) is 5.91 Å². The summed E-state index contributed by atoms with van der Waals surface area (Å²) in [7, 11) is 0. The van der Waals surface area contributed by atoms with Crippen molar-refractivity contribution < 1.29 is 4.79 Å². The molecule has 1 saturated heterocycles. The molecule has 1 aliphatic heterocycles. The first-order valence-corrected chi connectivity index (χ1v) is 12.7. The maximum absolute atomic E-state index is 12.5. The Labute approximate surface area is 192 Å². The smallest absolute Gasteiger partial charge is 0.251 e. The van der Waals surface area contributed by atoms with E-state index in [1.807, 2.05) is 37.4 Å². The molecule has 0 radical (unpaired) electrons. The molecule has 1 N–H and O–H groups in total. The lowest BCUT2D eigenvalue weighted by Crippen LogP contribution is -2.25. The van der Waals surface area contributed by atoms with Crippen molar-refractivity contribution in [1.82, 2.24) is 15.3 Å². The van der Waals surface area contributed by atoms with Crippen LogP contribution in [0.3, 0.4) is 0 Å². The predicted octanol–water partition coefficient (Wildman–Crippen LogP) is 5.45. The van der Waals surface area contributed by atoms with Crippen LogP contribution in [-0.4, -0.2) is 29.0 Å². The molecule has 3 aromatic rings. The van der Waals surface area contributed by atoms with Gasteiger partial charge in [0, 0.05) is 48.2 Å². The number of thiazole rings is 1. The van der Waals surface area contributed by atoms with Crippen LogP contribution in [0.25, 0.3) is 0 Å². The van der Waals surface area contributed by atoms with Gasteiger partial charge in [-0.15, -0.1) is 11.3 Å². The quantitative estimate of drug-likeness (QED) is 0.483. The number of thioether (sulfide) groups is 1. The largest absolute Gasteiger partial charge is 0.357 e. The van der Waals surface area contributed by atoms with Crippen LogP contribution in [0, 0.1) is 6.92 Å². The van der Waals surface area contributed by atoms with Crippen LogP contribution in [-0.2, 0) is 12.3 Å². The topological polar surface area (TPSA) is 58.1 Å². The van der Waals surface area contributed by atoms with Gasteiger partial charge >= 0.3 is 0 Å². The molecule has 7 heteroatoms. The van der Waals surface area contributed by atoms with Gasteiger partial charge in [-0.05, 0) is 49.1 Å². The zero-order valence-electron chi connectivity index (χ0n) is 17.8. The van der Waals surface area contributed by atoms with Crippen molar-refractivity contribution in [3.63, 3.8) is 0 Å². The molecule has 2 aromatic heterocycles. The highest BCUT2D eigenvalue weighted by Crippen LogP contribution is 2.26. The zero-order valence-corrected chi connectivity index (χ0v) is 19.5. The first-order chi connectivity index (χ1) is 15.2. The Hall–Kier alpha value is -2.38. The zero-order chi connectivity index (χ0) is 21.5. The fourth-order valence-electron chi connectivity index (χ4n) is 3.59. The highest BCUT2D eigenvalue weighted by Gasteiger charge is 2.11. The van der Waals surface area contributed by atoms with Gasteiger partial charge in [0.15, 0.2) is 0 Å². The Balaban J connectivity index is 1.26. The fourth-order valence-corrected chi connectivity index (χ4v) is 5.39. The molecule has 5 nitrogen and oxygen atoms in total. The average molecular weight is 453 g/mol. The maximum atomic E-state index is 12.5. The lowest BCUT2D eigenvalue weighted by molar-refractivity contribution is 0.0951. The van der Waals surface area contributed by atoms with E-state index in [4.69, 9.17) is 0 Å². The molecule has 1 amide bonds. The number of rotatable bonds is 7. The molecule has 0 saturated carbocycles. The lowest BCUT2D eigenvalue weighted by atomic mass is 10.1. The average Bonchev–Trinajstić information content (AvgIpc) is 3.04. The SMILES string of the molecule is Cc1csc(SCc2ccc(C(=O)NCc3ccc(N4CCCCCC4)nc3)cc2)n1. The summed E-state index contributed by atoms with van der Waals surface area (Å²) < 4.78 is 1.08. The Morgan fingerprint density at radius 3 is 2.45 bits per heavy atom. The number of amides is 1. The molecule has 1 aromatic carbocycles. The number of aromatic nitrogens is 2. The molecule has 3 heterocycles. The van der Waals surface area contributed by atoms with Gasteiger partial charge in [-0.2, -0.15) is 0 Å². The van der Waals surface area contributed by atoms with E-state index in [1.54, 1.807) is 23.1 Å². The van der Waals surface area contributed by atoms with Crippen LogP contribution in [0.1, 0.15) is 52.9 Å². The van der Waals surface area contributed by atoms with E-state index in [9.17, 15) is 4.79 Å². The van der Waals surface area contributed by atoms with Gasteiger partial charge in [0.2, 0.25) is 0 Å². The molecule has 31 heavy (non-hydrogen) atoms. The molecule has 0 bridgehead atoms. The third kappa shape index (κ3) is 6.31. The first kappa shape index (κ1) is 21.8. The molecular weight excluding hydrogens is 424 g/mol. The number of aryl methyl sites for hydroxylation is 1. The molecule has 0 unspecified atom stereocenters. The number of carbonyl (C=O) groups excluding carboxylic acids is 1. The van der Waals surface area contributed by atoms with Crippen molar-refractivity contribution in [1.29, 1.82) is 0 Å². The van der Waals surface area contributed by atoms with E-state index in [0.717, 1.165) is 40.3 Å². The van der Waals surface area contributed by atoms with Crippen LogP contribution in [0.15, 0.2) is 52.3 Å². The van der Waals surface area contributed by atoms with Crippen LogP contribution in [0.5, 0.6) is 0 Å².